The van der Waals surface area contributed by atoms with Gasteiger partial charge in [-0.3, -0.25) is 4.79 Å². The van der Waals surface area contributed by atoms with E-state index in [1.807, 2.05) is 0 Å². The zero-order valence-electron chi connectivity index (χ0n) is 11.9. The minimum atomic E-state index is -4.77. The number of likely N-dealkylation sites (tertiary alicyclic amines) is 1. The number of nitrogens with zero attached hydrogens (tertiary/aromatic N) is 4. The van der Waals surface area contributed by atoms with Crippen LogP contribution in [-0.2, 0) is 6.18 Å². The van der Waals surface area contributed by atoms with Crippen LogP contribution in [0.2, 0.25) is 0 Å². The Balaban J connectivity index is 2.05. The molecule has 1 amide bonds. The van der Waals surface area contributed by atoms with Crippen LogP contribution in [0.3, 0.4) is 0 Å². The Morgan fingerprint density at radius 1 is 1.39 bits per heavy atom. The zero-order chi connectivity index (χ0) is 16.6. The lowest BCUT2D eigenvalue weighted by atomic mass is 10.0. The summed E-state index contributed by atoms with van der Waals surface area (Å²) in [6.07, 6.45) is -1.96. The third-order valence-electron chi connectivity index (χ3n) is 3.75. The molecule has 9 heteroatoms. The molecule has 3 rings (SSSR count). The van der Waals surface area contributed by atoms with E-state index in [4.69, 9.17) is 5.11 Å². The van der Waals surface area contributed by atoms with Crippen molar-refractivity contribution in [3.05, 3.63) is 41.9 Å². The molecular weight excluding hydrogens is 313 g/mol. The number of halogens is 3. The molecule has 1 unspecified atom stereocenters. The number of hydrogen-bond donors (Lipinski definition) is 1. The Morgan fingerprint density at radius 3 is 2.70 bits per heavy atom. The van der Waals surface area contributed by atoms with Crippen molar-refractivity contribution in [2.45, 2.75) is 18.6 Å². The van der Waals surface area contributed by atoms with Gasteiger partial charge >= 0.3 is 6.18 Å². The first-order valence-corrected chi connectivity index (χ1v) is 6.92. The molecule has 23 heavy (non-hydrogen) atoms. The molecule has 2 aromatic heterocycles. The fourth-order valence-corrected chi connectivity index (χ4v) is 2.48. The number of carbonyl (C=O) groups excluding carboxylic acids is 1. The van der Waals surface area contributed by atoms with Crippen LogP contribution in [0, 0.1) is 0 Å². The predicted octanol–water partition coefficient (Wildman–Crippen LogP) is 1.49. The highest BCUT2D eigenvalue weighted by Gasteiger charge is 2.43. The van der Waals surface area contributed by atoms with Gasteiger partial charge < -0.3 is 10.0 Å². The number of aliphatic hydroxyl groups is 1. The molecule has 122 valence electrons. The van der Waals surface area contributed by atoms with E-state index >= 15 is 0 Å². The van der Waals surface area contributed by atoms with E-state index in [2.05, 4.69) is 10.1 Å². The predicted molar refractivity (Wildman–Crippen MR) is 72.9 cm³/mol. The fourth-order valence-electron chi connectivity index (χ4n) is 2.48. The maximum atomic E-state index is 13.4. The second-order valence-electron chi connectivity index (χ2n) is 5.13. The van der Waals surface area contributed by atoms with Crippen LogP contribution in [0.4, 0.5) is 13.2 Å². The second kappa shape index (κ2) is 5.65. The molecule has 1 fully saturated rings. The Bertz CT molecular complexity index is 713. The van der Waals surface area contributed by atoms with Crippen molar-refractivity contribution in [2.24, 2.45) is 0 Å². The van der Waals surface area contributed by atoms with Crippen LogP contribution < -0.4 is 0 Å². The van der Waals surface area contributed by atoms with E-state index in [1.54, 1.807) is 6.07 Å². The number of aromatic nitrogens is 3. The van der Waals surface area contributed by atoms with E-state index < -0.39 is 29.4 Å². The average Bonchev–Trinajstić information content (AvgIpc) is 2.92. The topological polar surface area (TPSA) is 71.2 Å². The maximum Gasteiger partial charge on any atom is 0.434 e. The monoisotopic (exact) mass is 326 g/mol. The molecule has 1 aliphatic rings. The third kappa shape index (κ3) is 2.67. The van der Waals surface area contributed by atoms with Crippen molar-refractivity contribution < 1.29 is 23.1 Å². The highest BCUT2D eigenvalue weighted by molar-refractivity contribution is 5.96. The van der Waals surface area contributed by atoms with E-state index in [0.717, 1.165) is 6.20 Å². The van der Waals surface area contributed by atoms with Crippen molar-refractivity contribution in [2.75, 3.05) is 13.2 Å². The van der Waals surface area contributed by atoms with Crippen LogP contribution in [0.15, 0.2) is 30.6 Å². The molecule has 1 atom stereocenters. The van der Waals surface area contributed by atoms with Crippen LogP contribution in [0.1, 0.15) is 22.5 Å². The van der Waals surface area contributed by atoms with Crippen molar-refractivity contribution >= 4 is 5.91 Å². The third-order valence-corrected chi connectivity index (χ3v) is 3.75. The SMILES string of the molecule is O=C(c1cnn(-c2ccccn2)c1C(F)(F)F)N1CCC1CO. The minimum Gasteiger partial charge on any atom is -0.394 e. The summed E-state index contributed by atoms with van der Waals surface area (Å²) in [6, 6.07) is 4.03. The van der Waals surface area contributed by atoms with Gasteiger partial charge in [-0.1, -0.05) is 6.07 Å². The summed E-state index contributed by atoms with van der Waals surface area (Å²) >= 11 is 0. The Morgan fingerprint density at radius 2 is 2.17 bits per heavy atom. The highest BCUT2D eigenvalue weighted by Crippen LogP contribution is 2.34. The number of rotatable bonds is 3. The summed E-state index contributed by atoms with van der Waals surface area (Å²) in [5.41, 5.74) is -1.70. The molecule has 0 radical (unpaired) electrons. The number of pyridine rings is 1. The van der Waals surface area contributed by atoms with Gasteiger partial charge in [-0.05, 0) is 18.6 Å². The Labute approximate surface area is 129 Å². The Kier molecular flexibility index (Phi) is 3.80. The molecule has 1 N–H and O–H groups in total. The lowest BCUT2D eigenvalue weighted by Crippen LogP contribution is -2.53. The van der Waals surface area contributed by atoms with E-state index in [1.165, 1.54) is 23.2 Å². The smallest absolute Gasteiger partial charge is 0.394 e. The summed E-state index contributed by atoms with van der Waals surface area (Å²) < 4.78 is 40.9. The lowest BCUT2D eigenvalue weighted by molar-refractivity contribution is -0.143. The van der Waals surface area contributed by atoms with E-state index in [-0.39, 0.29) is 12.4 Å². The molecule has 1 aliphatic heterocycles. The van der Waals surface area contributed by atoms with Crippen molar-refractivity contribution in [1.82, 2.24) is 19.7 Å². The summed E-state index contributed by atoms with van der Waals surface area (Å²) in [4.78, 5) is 17.4. The van der Waals surface area contributed by atoms with Gasteiger partial charge in [-0.15, -0.1) is 0 Å². The second-order valence-corrected chi connectivity index (χ2v) is 5.13. The largest absolute Gasteiger partial charge is 0.434 e. The molecule has 0 aromatic carbocycles. The summed E-state index contributed by atoms with van der Waals surface area (Å²) in [5.74, 6) is -0.814. The normalized spacial score (nSPS) is 17.9. The number of alkyl halides is 3. The van der Waals surface area contributed by atoms with Gasteiger partial charge in [0.1, 0.15) is 0 Å². The average molecular weight is 326 g/mol. The van der Waals surface area contributed by atoms with Crippen LogP contribution >= 0.6 is 0 Å². The first-order valence-electron chi connectivity index (χ1n) is 6.92. The van der Waals surface area contributed by atoms with Crippen molar-refractivity contribution in [1.29, 1.82) is 0 Å². The molecular formula is C14H13F3N4O2. The molecule has 0 spiro atoms. The Hall–Kier alpha value is -2.42. The molecule has 1 saturated heterocycles. The number of amides is 1. The molecule has 6 nitrogen and oxygen atoms in total. The summed E-state index contributed by atoms with van der Waals surface area (Å²) in [6.45, 7) is 0.0393. The van der Waals surface area contributed by atoms with Gasteiger partial charge in [0.05, 0.1) is 24.4 Å². The van der Waals surface area contributed by atoms with Crippen LogP contribution in [0.25, 0.3) is 5.82 Å². The van der Waals surface area contributed by atoms with Gasteiger partial charge in [0.2, 0.25) is 0 Å². The molecule has 3 heterocycles. The molecule has 0 aliphatic carbocycles. The quantitative estimate of drug-likeness (QED) is 0.928. The fraction of sp³-hybridized carbons (Fsp3) is 0.357. The van der Waals surface area contributed by atoms with E-state index in [0.29, 0.717) is 17.6 Å². The maximum absolute atomic E-state index is 13.4. The standard InChI is InChI=1S/C14H13F3N4O2/c15-14(16,17)12-10(13(23)20-6-4-9(20)8-22)7-19-21(12)11-3-1-2-5-18-11/h1-3,5,7,9,22H,4,6,8H2. The van der Waals surface area contributed by atoms with Crippen molar-refractivity contribution in [3.63, 3.8) is 0 Å². The zero-order valence-corrected chi connectivity index (χ0v) is 11.9. The van der Waals surface area contributed by atoms with Gasteiger partial charge in [0.25, 0.3) is 5.91 Å². The summed E-state index contributed by atoms with van der Waals surface area (Å²) in [5, 5.41) is 12.8. The van der Waals surface area contributed by atoms with E-state index in [9.17, 15) is 18.0 Å². The van der Waals surface area contributed by atoms with Crippen molar-refractivity contribution in [3.8, 4) is 5.82 Å². The number of hydrogen-bond acceptors (Lipinski definition) is 4. The van der Waals surface area contributed by atoms with Gasteiger partial charge in [0.15, 0.2) is 11.5 Å². The van der Waals surface area contributed by atoms with Gasteiger partial charge in [0, 0.05) is 12.7 Å². The molecule has 0 saturated carbocycles. The molecule has 0 bridgehead atoms. The number of carbonyl (C=O) groups is 1. The first-order chi connectivity index (χ1) is 10.9. The lowest BCUT2D eigenvalue weighted by Gasteiger charge is -2.39. The van der Waals surface area contributed by atoms with Gasteiger partial charge in [-0.25, -0.2) is 9.67 Å². The van der Waals surface area contributed by atoms with Crippen LogP contribution in [0.5, 0.6) is 0 Å². The number of aliphatic hydroxyl groups excluding tert-OH is 1. The van der Waals surface area contributed by atoms with Crippen LogP contribution in [-0.4, -0.2) is 49.9 Å². The molecule has 2 aromatic rings. The summed E-state index contributed by atoms with van der Waals surface area (Å²) in [7, 11) is 0. The minimum absolute atomic E-state index is 0.0267. The first kappa shape index (κ1) is 15.5. The van der Waals surface area contributed by atoms with Gasteiger partial charge in [-0.2, -0.15) is 18.3 Å². The highest BCUT2D eigenvalue weighted by atomic mass is 19.4.